The molecule has 48 valence electrons. The molecule has 0 atom stereocenters. The molecular formula is C7H10OTi. The van der Waals surface area contributed by atoms with Crippen LogP contribution < -0.4 is 0 Å². The number of rotatable bonds is 1. The van der Waals surface area contributed by atoms with Gasteiger partial charge in [-0.15, -0.1) is 0 Å². The van der Waals surface area contributed by atoms with Gasteiger partial charge in [-0.2, -0.15) is 0 Å². The molecule has 0 amide bonds. The molecule has 0 aromatic heterocycles. The summed E-state index contributed by atoms with van der Waals surface area (Å²) in [6.45, 7) is 2.24. The molecule has 0 bridgehead atoms. The summed E-state index contributed by atoms with van der Waals surface area (Å²) < 4.78 is 0. The Morgan fingerprint density at radius 3 is 2.56 bits per heavy atom. The van der Waals surface area contributed by atoms with Gasteiger partial charge in [0.25, 0.3) is 0 Å². The first kappa shape index (κ1) is 9.15. The molecule has 0 spiro atoms. The third-order valence-corrected chi connectivity index (χ3v) is 1.48. The normalized spacial score (nSPS) is 16.2. The van der Waals surface area contributed by atoms with Crippen LogP contribution >= 0.6 is 0 Å². The van der Waals surface area contributed by atoms with E-state index in [0.717, 1.165) is 12.0 Å². The fourth-order valence-electron chi connectivity index (χ4n) is 0.846. The average Bonchev–Trinajstić information content (AvgIpc) is 2.14. The molecular weight excluding hydrogens is 148 g/mol. The van der Waals surface area contributed by atoms with E-state index in [9.17, 15) is 0 Å². The molecule has 0 aromatic rings. The van der Waals surface area contributed by atoms with Crippen LogP contribution in [-0.2, 0) is 21.7 Å². The Morgan fingerprint density at radius 1 is 1.67 bits per heavy atom. The van der Waals surface area contributed by atoms with Gasteiger partial charge in [-0.3, -0.25) is 0 Å². The molecule has 2 heteroatoms. The van der Waals surface area contributed by atoms with Crippen molar-refractivity contribution >= 4 is 0 Å². The van der Waals surface area contributed by atoms with Crippen LogP contribution in [0.15, 0.2) is 23.3 Å². The fourth-order valence-corrected chi connectivity index (χ4v) is 0.846. The van der Waals surface area contributed by atoms with E-state index in [1.807, 2.05) is 13.0 Å². The first-order chi connectivity index (χ1) is 3.84. The maximum absolute atomic E-state index is 8.64. The van der Waals surface area contributed by atoms with Crippen LogP contribution in [0.5, 0.6) is 0 Å². The molecule has 0 heterocycles. The number of aliphatic hydroxyl groups excluding tert-OH is 1. The molecule has 9 heavy (non-hydrogen) atoms. The molecule has 0 unspecified atom stereocenters. The van der Waals surface area contributed by atoms with Crippen LogP contribution in [0.4, 0.5) is 0 Å². The third kappa shape index (κ3) is 2.09. The van der Waals surface area contributed by atoms with Crippen molar-refractivity contribution in [1.82, 2.24) is 0 Å². The molecule has 0 radical (unpaired) electrons. The Labute approximate surface area is 70.3 Å². The largest absolute Gasteiger partial charge is 0.392 e. The smallest absolute Gasteiger partial charge is 0.0650 e. The molecule has 1 aliphatic carbocycles. The van der Waals surface area contributed by atoms with Crippen LogP contribution in [0, 0.1) is 0 Å². The van der Waals surface area contributed by atoms with Crippen molar-refractivity contribution in [2.45, 2.75) is 13.3 Å². The number of hydrogen-bond acceptors (Lipinski definition) is 1. The zero-order chi connectivity index (χ0) is 5.98. The van der Waals surface area contributed by atoms with Crippen molar-refractivity contribution in [2.75, 3.05) is 6.61 Å². The van der Waals surface area contributed by atoms with Crippen LogP contribution in [0.2, 0.25) is 0 Å². The summed E-state index contributed by atoms with van der Waals surface area (Å²) in [7, 11) is 0. The van der Waals surface area contributed by atoms with Crippen molar-refractivity contribution < 1.29 is 26.8 Å². The summed E-state index contributed by atoms with van der Waals surface area (Å²) in [5.41, 5.74) is 2.39. The van der Waals surface area contributed by atoms with Crippen molar-refractivity contribution in [3.63, 3.8) is 0 Å². The van der Waals surface area contributed by atoms with Crippen molar-refractivity contribution in [3.05, 3.63) is 23.3 Å². The molecule has 0 aliphatic heterocycles. The van der Waals surface area contributed by atoms with Gasteiger partial charge < -0.3 is 5.11 Å². The Bertz CT molecular complexity index is 147. The van der Waals surface area contributed by atoms with Gasteiger partial charge in [0.1, 0.15) is 0 Å². The standard InChI is InChI=1S/C7H10O.Ti/c1-6-3-2-4-7(6)5-8;/h2-3,8H,4-5H2,1H3;. The van der Waals surface area contributed by atoms with Crippen LogP contribution in [0.1, 0.15) is 13.3 Å². The zero-order valence-corrected chi connectivity index (χ0v) is 7.08. The molecule has 1 rings (SSSR count). The van der Waals surface area contributed by atoms with Crippen molar-refractivity contribution in [2.24, 2.45) is 0 Å². The van der Waals surface area contributed by atoms with Gasteiger partial charge in [0.2, 0.25) is 0 Å². The van der Waals surface area contributed by atoms with E-state index in [1.165, 1.54) is 5.57 Å². The second-order valence-electron chi connectivity index (χ2n) is 2.05. The Balaban J connectivity index is 0.000000640. The molecule has 1 N–H and O–H groups in total. The monoisotopic (exact) mass is 158 g/mol. The van der Waals surface area contributed by atoms with Crippen LogP contribution in [-0.4, -0.2) is 11.7 Å². The van der Waals surface area contributed by atoms with E-state index >= 15 is 0 Å². The zero-order valence-electron chi connectivity index (χ0n) is 5.52. The van der Waals surface area contributed by atoms with Gasteiger partial charge in [0.05, 0.1) is 6.61 Å². The minimum absolute atomic E-state index is 0. The van der Waals surface area contributed by atoms with E-state index in [-0.39, 0.29) is 28.3 Å². The first-order valence-electron chi connectivity index (χ1n) is 2.80. The van der Waals surface area contributed by atoms with Gasteiger partial charge >= 0.3 is 0 Å². The van der Waals surface area contributed by atoms with Gasteiger partial charge in [-0.25, -0.2) is 0 Å². The first-order valence-corrected chi connectivity index (χ1v) is 2.80. The molecule has 1 nitrogen and oxygen atoms in total. The van der Waals surface area contributed by atoms with Crippen molar-refractivity contribution in [3.8, 4) is 0 Å². The van der Waals surface area contributed by atoms with Gasteiger partial charge in [-0.05, 0) is 24.5 Å². The second kappa shape index (κ2) is 4.05. The van der Waals surface area contributed by atoms with Gasteiger partial charge in [0.15, 0.2) is 0 Å². The number of hydrogen-bond donors (Lipinski definition) is 1. The molecule has 0 saturated heterocycles. The van der Waals surface area contributed by atoms with Crippen LogP contribution in [0.3, 0.4) is 0 Å². The summed E-state index contributed by atoms with van der Waals surface area (Å²) in [6, 6.07) is 0. The SMILES string of the molecule is CC1=C(CO)CC=C1.[Ti]. The molecule has 0 fully saturated rings. The van der Waals surface area contributed by atoms with Gasteiger partial charge in [-0.1, -0.05) is 12.2 Å². The predicted molar refractivity (Wildman–Crippen MR) is 33.5 cm³/mol. The maximum Gasteiger partial charge on any atom is 0.0650 e. The molecule has 0 aromatic carbocycles. The average molecular weight is 158 g/mol. The molecule has 0 saturated carbocycles. The maximum atomic E-state index is 8.64. The van der Waals surface area contributed by atoms with E-state index in [1.54, 1.807) is 0 Å². The van der Waals surface area contributed by atoms with E-state index in [4.69, 9.17) is 5.11 Å². The van der Waals surface area contributed by atoms with E-state index < -0.39 is 0 Å². The Morgan fingerprint density at radius 2 is 2.33 bits per heavy atom. The second-order valence-corrected chi connectivity index (χ2v) is 2.05. The topological polar surface area (TPSA) is 20.2 Å². The summed E-state index contributed by atoms with van der Waals surface area (Å²) in [5.74, 6) is 0. The minimum Gasteiger partial charge on any atom is -0.392 e. The summed E-state index contributed by atoms with van der Waals surface area (Å²) in [5, 5.41) is 8.64. The number of allylic oxidation sites excluding steroid dienone is 3. The minimum atomic E-state index is 0. The summed E-state index contributed by atoms with van der Waals surface area (Å²) >= 11 is 0. The van der Waals surface area contributed by atoms with Crippen LogP contribution in [0.25, 0.3) is 0 Å². The quantitative estimate of drug-likeness (QED) is 0.569. The van der Waals surface area contributed by atoms with E-state index in [2.05, 4.69) is 6.08 Å². The third-order valence-electron chi connectivity index (χ3n) is 1.48. The Hall–Kier alpha value is 0.154. The van der Waals surface area contributed by atoms with Crippen molar-refractivity contribution in [1.29, 1.82) is 0 Å². The summed E-state index contributed by atoms with van der Waals surface area (Å²) in [6.07, 6.45) is 5.06. The van der Waals surface area contributed by atoms with E-state index in [0.29, 0.717) is 0 Å². The fraction of sp³-hybridized carbons (Fsp3) is 0.429. The molecule has 1 aliphatic rings. The Kier molecular flexibility index (Phi) is 4.12. The van der Waals surface area contributed by atoms with Gasteiger partial charge in [0, 0.05) is 21.7 Å². The summed E-state index contributed by atoms with van der Waals surface area (Å²) in [4.78, 5) is 0. The number of aliphatic hydroxyl groups is 1. The predicted octanol–water partition coefficient (Wildman–Crippen LogP) is 1.25.